The Morgan fingerprint density at radius 1 is 1.20 bits per heavy atom. The van der Waals surface area contributed by atoms with Crippen LogP contribution >= 0.6 is 11.6 Å². The van der Waals surface area contributed by atoms with Crippen molar-refractivity contribution in [3.05, 3.63) is 42.9 Å². The number of H-pyrrole nitrogens is 3. The number of esters is 2. The first-order valence-corrected chi connectivity index (χ1v) is 7.90. The van der Waals surface area contributed by atoms with Crippen LogP contribution in [0.4, 0.5) is 0 Å². The van der Waals surface area contributed by atoms with Gasteiger partial charge in [-0.1, -0.05) is 11.6 Å². The average molecular weight is 366 g/mol. The Balaban J connectivity index is 2.23. The molecular formula is C16H16ClN3O5. The maximum Gasteiger partial charge on any atom is 0.340 e. The molecule has 1 aliphatic carbocycles. The van der Waals surface area contributed by atoms with Crippen molar-refractivity contribution in [2.24, 2.45) is 0 Å². The van der Waals surface area contributed by atoms with Crippen LogP contribution in [0.2, 0.25) is 5.15 Å². The molecule has 2 aromatic rings. The number of carbonyl (C=O) groups is 2. The highest BCUT2D eigenvalue weighted by Crippen LogP contribution is 2.27. The van der Waals surface area contributed by atoms with Gasteiger partial charge in [0.15, 0.2) is 0 Å². The third-order valence-electron chi connectivity index (χ3n) is 3.98. The van der Waals surface area contributed by atoms with Gasteiger partial charge < -0.3 is 14.5 Å². The molecule has 0 atom stereocenters. The summed E-state index contributed by atoms with van der Waals surface area (Å²) in [6.07, 6.45) is 3.15. The molecule has 8 nitrogen and oxygen atoms in total. The molecule has 25 heavy (non-hydrogen) atoms. The van der Waals surface area contributed by atoms with E-state index in [9.17, 15) is 14.4 Å². The van der Waals surface area contributed by atoms with Gasteiger partial charge in [0.25, 0.3) is 5.56 Å². The predicted molar refractivity (Wildman–Crippen MR) is 89.7 cm³/mol. The van der Waals surface area contributed by atoms with Gasteiger partial charge in [-0.3, -0.25) is 19.8 Å². The quantitative estimate of drug-likeness (QED) is 0.657. The average Bonchev–Trinajstić information content (AvgIpc) is 3.31. The molecule has 0 unspecified atom stereocenters. The molecule has 2 aromatic heterocycles. The molecule has 0 bridgehead atoms. The molecule has 0 aromatic carbocycles. The monoisotopic (exact) mass is 365 g/mol. The molecule has 9 heteroatoms. The Morgan fingerprint density at radius 2 is 1.92 bits per heavy atom. The van der Waals surface area contributed by atoms with Crippen LogP contribution in [0, 0.1) is 0 Å². The van der Waals surface area contributed by atoms with Crippen LogP contribution in [0.25, 0.3) is 11.6 Å². The topological polar surface area (TPSA) is 117 Å². The van der Waals surface area contributed by atoms with E-state index in [-0.39, 0.29) is 28.3 Å². The van der Waals surface area contributed by atoms with Crippen LogP contribution in [0.5, 0.6) is 0 Å². The van der Waals surface area contributed by atoms with Gasteiger partial charge in [0, 0.05) is 5.56 Å². The molecule has 3 rings (SSSR count). The van der Waals surface area contributed by atoms with Crippen molar-refractivity contribution in [2.45, 2.75) is 19.3 Å². The second-order valence-corrected chi connectivity index (χ2v) is 5.94. The largest absolute Gasteiger partial charge is 0.469 e. The van der Waals surface area contributed by atoms with E-state index in [4.69, 9.17) is 16.3 Å². The fourth-order valence-electron chi connectivity index (χ4n) is 2.60. The van der Waals surface area contributed by atoms with Crippen molar-refractivity contribution in [2.75, 3.05) is 14.2 Å². The number of aromatic amines is 3. The fourth-order valence-corrected chi connectivity index (χ4v) is 2.86. The standard InChI is InChI=1S/C16H16ClN3O5/c1-24-11(21)6-8-12(16(23)25-2)10(18-14(8)17)5-9-13(7-3-4-7)19-20-15(9)22/h5,18-19H,3-4,6H2,1-2H3,(H,20,22). The van der Waals surface area contributed by atoms with Crippen molar-refractivity contribution in [1.82, 2.24) is 15.2 Å². The molecule has 1 saturated carbocycles. The van der Waals surface area contributed by atoms with E-state index in [0.29, 0.717) is 16.3 Å². The van der Waals surface area contributed by atoms with Crippen LogP contribution in [0.15, 0.2) is 4.79 Å². The molecule has 2 heterocycles. The SMILES string of the molecule is COC(=O)Cc1c(Cl)[nH]c(C=c2c(=O)[nH][nH]c2=C2CC2)c1C(=O)OC. The van der Waals surface area contributed by atoms with Crippen LogP contribution in [-0.2, 0) is 20.7 Å². The zero-order valence-corrected chi connectivity index (χ0v) is 14.4. The lowest BCUT2D eigenvalue weighted by Crippen LogP contribution is -2.33. The van der Waals surface area contributed by atoms with Gasteiger partial charge in [-0.15, -0.1) is 0 Å². The number of methoxy groups -OCH3 is 2. The van der Waals surface area contributed by atoms with Gasteiger partial charge >= 0.3 is 11.9 Å². The predicted octanol–water partition coefficient (Wildman–Crippen LogP) is -0.0401. The first kappa shape index (κ1) is 17.1. The zero-order chi connectivity index (χ0) is 18.1. The fraction of sp³-hybridized carbons (Fsp3) is 0.312. The summed E-state index contributed by atoms with van der Waals surface area (Å²) in [7, 11) is 2.47. The summed E-state index contributed by atoms with van der Waals surface area (Å²) in [5.41, 5.74) is 1.47. The normalized spacial score (nSPS) is 13.9. The van der Waals surface area contributed by atoms with Gasteiger partial charge in [0.1, 0.15) is 5.15 Å². The molecule has 1 aliphatic rings. The van der Waals surface area contributed by atoms with E-state index in [1.54, 1.807) is 0 Å². The lowest BCUT2D eigenvalue weighted by Gasteiger charge is -2.03. The number of hydrogen-bond acceptors (Lipinski definition) is 5. The number of ether oxygens (including phenoxy) is 2. The van der Waals surface area contributed by atoms with E-state index in [0.717, 1.165) is 18.4 Å². The number of hydrogen-bond donors (Lipinski definition) is 3. The highest BCUT2D eigenvalue weighted by Gasteiger charge is 2.24. The van der Waals surface area contributed by atoms with E-state index in [1.807, 2.05) is 0 Å². The van der Waals surface area contributed by atoms with E-state index < -0.39 is 11.9 Å². The van der Waals surface area contributed by atoms with Gasteiger partial charge in [0.2, 0.25) is 0 Å². The molecule has 132 valence electrons. The van der Waals surface area contributed by atoms with E-state index >= 15 is 0 Å². The second kappa shape index (κ2) is 6.64. The van der Waals surface area contributed by atoms with Crippen molar-refractivity contribution < 1.29 is 19.1 Å². The van der Waals surface area contributed by atoms with Crippen LogP contribution in [-0.4, -0.2) is 41.3 Å². The molecule has 0 radical (unpaired) electrons. The van der Waals surface area contributed by atoms with Crippen molar-refractivity contribution in [1.29, 1.82) is 0 Å². The van der Waals surface area contributed by atoms with Gasteiger partial charge in [-0.25, -0.2) is 4.79 Å². The lowest BCUT2D eigenvalue weighted by atomic mass is 10.1. The summed E-state index contributed by atoms with van der Waals surface area (Å²) in [5, 5.41) is 6.59. The first-order chi connectivity index (χ1) is 12.0. The van der Waals surface area contributed by atoms with Crippen molar-refractivity contribution >= 4 is 35.2 Å². The number of halogens is 1. The van der Waals surface area contributed by atoms with Crippen molar-refractivity contribution in [3.63, 3.8) is 0 Å². The Morgan fingerprint density at radius 3 is 2.52 bits per heavy atom. The highest BCUT2D eigenvalue weighted by molar-refractivity contribution is 6.31. The first-order valence-electron chi connectivity index (χ1n) is 7.52. The summed E-state index contributed by atoms with van der Waals surface area (Å²) in [4.78, 5) is 38.7. The Bertz CT molecular complexity index is 1020. The van der Waals surface area contributed by atoms with Crippen LogP contribution in [0.1, 0.15) is 34.5 Å². The minimum absolute atomic E-state index is 0.102. The second-order valence-electron chi connectivity index (χ2n) is 5.57. The Hall–Kier alpha value is -2.74. The van der Waals surface area contributed by atoms with Gasteiger partial charge in [-0.05, 0) is 24.5 Å². The molecule has 0 spiro atoms. The van der Waals surface area contributed by atoms with Crippen molar-refractivity contribution in [3.8, 4) is 0 Å². The summed E-state index contributed by atoms with van der Waals surface area (Å²) >= 11 is 6.16. The smallest absolute Gasteiger partial charge is 0.340 e. The lowest BCUT2D eigenvalue weighted by molar-refractivity contribution is -0.139. The zero-order valence-electron chi connectivity index (χ0n) is 13.6. The third kappa shape index (κ3) is 3.25. The van der Waals surface area contributed by atoms with Gasteiger partial charge in [-0.2, -0.15) is 0 Å². The van der Waals surface area contributed by atoms with Crippen LogP contribution in [0.3, 0.4) is 0 Å². The highest BCUT2D eigenvalue weighted by atomic mass is 35.5. The van der Waals surface area contributed by atoms with E-state index in [2.05, 4.69) is 19.9 Å². The maximum atomic E-state index is 12.2. The summed E-state index contributed by atoms with van der Waals surface area (Å²) in [6, 6.07) is 0. The molecular weight excluding hydrogens is 350 g/mol. The number of nitrogens with one attached hydrogen (secondary N) is 3. The summed E-state index contributed by atoms with van der Waals surface area (Å²) in [5.74, 6) is -1.22. The molecule has 0 aliphatic heterocycles. The maximum absolute atomic E-state index is 12.2. The molecule has 1 fully saturated rings. The summed E-state index contributed by atoms with van der Waals surface area (Å²) < 4.78 is 9.43. The third-order valence-corrected chi connectivity index (χ3v) is 4.30. The minimum atomic E-state index is -0.666. The Kier molecular flexibility index (Phi) is 4.54. The van der Waals surface area contributed by atoms with Crippen LogP contribution < -0.4 is 16.1 Å². The number of carbonyl (C=O) groups excluding carboxylic acids is 2. The summed E-state index contributed by atoms with van der Waals surface area (Å²) in [6.45, 7) is 0. The van der Waals surface area contributed by atoms with Gasteiger partial charge in [0.05, 0.1) is 42.5 Å². The molecule has 3 N–H and O–H groups in total. The minimum Gasteiger partial charge on any atom is -0.469 e. The van der Waals surface area contributed by atoms with E-state index in [1.165, 1.54) is 20.3 Å². The Labute approximate surface area is 146 Å². The molecule has 0 saturated heterocycles. The molecule has 0 amide bonds. The number of aromatic nitrogens is 3. The number of rotatable bonds is 4.